The van der Waals surface area contributed by atoms with E-state index >= 15 is 0 Å². The number of likely N-dealkylation sites (tertiary alicyclic amines) is 1. The number of amides is 1. The maximum atomic E-state index is 13.1. The molecule has 106 valence electrons. The van der Waals surface area contributed by atoms with Gasteiger partial charge in [-0.2, -0.15) is 0 Å². The standard InChI is InChI=1S/C16H25NO2/c1-14-11-19-16(10-12(14)6-7-15(14,16)2)13(18)17-8-4-3-5-9-17/h12H,3-11H2,1-2H3/t12-,14+,15-,16+/m1/s1. The molecular weight excluding hydrogens is 238 g/mol. The molecule has 2 saturated carbocycles. The third kappa shape index (κ3) is 1.17. The molecule has 0 spiro atoms. The second-order valence-corrected chi connectivity index (χ2v) is 7.66. The quantitative estimate of drug-likeness (QED) is 0.728. The summed E-state index contributed by atoms with van der Waals surface area (Å²) in [6.07, 6.45) is 7.06. The summed E-state index contributed by atoms with van der Waals surface area (Å²) in [6, 6.07) is 0. The minimum Gasteiger partial charge on any atom is -0.364 e. The SMILES string of the molecule is C[C@]12CC[C@@H]3C[C@@]1(C(=O)N1CCCCC1)OC[C@@]32C. The first-order valence-electron chi connectivity index (χ1n) is 7.97. The van der Waals surface area contributed by atoms with E-state index in [1.165, 1.54) is 32.1 Å². The van der Waals surface area contributed by atoms with Gasteiger partial charge in [0.25, 0.3) is 5.91 Å². The summed E-state index contributed by atoms with van der Waals surface area (Å²) in [6.45, 7) is 7.38. The average molecular weight is 263 g/mol. The van der Waals surface area contributed by atoms with Gasteiger partial charge in [-0.05, 0) is 44.4 Å². The molecule has 2 saturated heterocycles. The fraction of sp³-hybridized carbons (Fsp3) is 0.938. The highest BCUT2D eigenvalue weighted by Gasteiger charge is 2.78. The van der Waals surface area contributed by atoms with Crippen molar-refractivity contribution in [2.75, 3.05) is 19.7 Å². The van der Waals surface area contributed by atoms with Gasteiger partial charge in [0, 0.05) is 23.9 Å². The molecule has 4 aliphatic rings. The van der Waals surface area contributed by atoms with Crippen LogP contribution < -0.4 is 0 Å². The molecule has 0 aromatic rings. The molecule has 2 heterocycles. The van der Waals surface area contributed by atoms with Gasteiger partial charge in [0.2, 0.25) is 0 Å². The Morgan fingerprint density at radius 2 is 1.95 bits per heavy atom. The van der Waals surface area contributed by atoms with Crippen molar-refractivity contribution in [3.8, 4) is 0 Å². The summed E-state index contributed by atoms with van der Waals surface area (Å²) in [5.41, 5.74) is -0.139. The molecule has 4 atom stereocenters. The first-order chi connectivity index (χ1) is 9.04. The molecule has 1 amide bonds. The molecule has 19 heavy (non-hydrogen) atoms. The van der Waals surface area contributed by atoms with Crippen LogP contribution in [0.1, 0.15) is 52.4 Å². The van der Waals surface area contributed by atoms with Crippen LogP contribution in [-0.4, -0.2) is 36.1 Å². The molecule has 2 aliphatic carbocycles. The average Bonchev–Trinajstić information content (AvgIpc) is 2.91. The van der Waals surface area contributed by atoms with E-state index in [0.717, 1.165) is 26.1 Å². The van der Waals surface area contributed by atoms with Crippen LogP contribution in [0.4, 0.5) is 0 Å². The van der Waals surface area contributed by atoms with Gasteiger partial charge in [-0.25, -0.2) is 0 Å². The number of rotatable bonds is 1. The lowest BCUT2D eigenvalue weighted by atomic mass is 9.65. The van der Waals surface area contributed by atoms with Crippen LogP contribution in [-0.2, 0) is 9.53 Å². The maximum Gasteiger partial charge on any atom is 0.255 e. The van der Waals surface area contributed by atoms with E-state index in [4.69, 9.17) is 4.74 Å². The van der Waals surface area contributed by atoms with E-state index in [0.29, 0.717) is 11.8 Å². The fourth-order valence-corrected chi connectivity index (χ4v) is 5.59. The van der Waals surface area contributed by atoms with Gasteiger partial charge in [-0.1, -0.05) is 13.8 Å². The summed E-state index contributed by atoms with van der Waals surface area (Å²) in [5, 5.41) is 0. The topological polar surface area (TPSA) is 29.5 Å². The fourth-order valence-electron chi connectivity index (χ4n) is 5.59. The van der Waals surface area contributed by atoms with E-state index in [2.05, 4.69) is 18.7 Å². The molecule has 4 fully saturated rings. The molecule has 0 N–H and O–H groups in total. The van der Waals surface area contributed by atoms with Crippen LogP contribution in [0.3, 0.4) is 0 Å². The van der Waals surface area contributed by atoms with E-state index in [9.17, 15) is 4.79 Å². The Kier molecular flexibility index (Phi) is 2.27. The monoisotopic (exact) mass is 263 g/mol. The van der Waals surface area contributed by atoms with Crippen molar-refractivity contribution in [3.63, 3.8) is 0 Å². The van der Waals surface area contributed by atoms with Gasteiger partial charge in [0.15, 0.2) is 5.60 Å². The van der Waals surface area contributed by atoms with Crippen LogP contribution in [0.15, 0.2) is 0 Å². The van der Waals surface area contributed by atoms with Crippen molar-refractivity contribution in [2.45, 2.75) is 58.0 Å². The number of hydrogen-bond acceptors (Lipinski definition) is 2. The predicted molar refractivity (Wildman–Crippen MR) is 72.7 cm³/mol. The molecule has 0 radical (unpaired) electrons. The Morgan fingerprint density at radius 3 is 2.58 bits per heavy atom. The maximum absolute atomic E-state index is 13.1. The lowest BCUT2D eigenvalue weighted by Gasteiger charge is -2.43. The Balaban J connectivity index is 1.69. The number of hydrogen-bond donors (Lipinski definition) is 0. The van der Waals surface area contributed by atoms with Gasteiger partial charge < -0.3 is 9.64 Å². The molecule has 3 nitrogen and oxygen atoms in total. The molecule has 3 heteroatoms. The van der Waals surface area contributed by atoms with E-state index in [1.54, 1.807) is 0 Å². The molecule has 4 bridgehead atoms. The Labute approximate surface area is 115 Å². The summed E-state index contributed by atoms with van der Waals surface area (Å²) < 4.78 is 6.20. The van der Waals surface area contributed by atoms with Gasteiger partial charge in [-0.3, -0.25) is 4.79 Å². The Hall–Kier alpha value is -0.570. The summed E-state index contributed by atoms with van der Waals surface area (Å²) in [4.78, 5) is 15.2. The zero-order valence-electron chi connectivity index (χ0n) is 12.2. The third-order valence-electron chi connectivity index (χ3n) is 7.19. The summed E-state index contributed by atoms with van der Waals surface area (Å²) >= 11 is 0. The Morgan fingerprint density at radius 1 is 1.21 bits per heavy atom. The second-order valence-electron chi connectivity index (χ2n) is 7.66. The van der Waals surface area contributed by atoms with Gasteiger partial charge in [-0.15, -0.1) is 0 Å². The largest absolute Gasteiger partial charge is 0.364 e. The van der Waals surface area contributed by atoms with Gasteiger partial charge >= 0.3 is 0 Å². The van der Waals surface area contributed by atoms with Crippen LogP contribution in [0.2, 0.25) is 0 Å². The molecule has 0 aromatic carbocycles. The zero-order valence-corrected chi connectivity index (χ0v) is 12.2. The Bertz CT molecular complexity index is 430. The third-order valence-corrected chi connectivity index (χ3v) is 7.19. The van der Waals surface area contributed by atoms with Crippen molar-refractivity contribution in [1.29, 1.82) is 0 Å². The van der Waals surface area contributed by atoms with Gasteiger partial charge in [0.05, 0.1) is 6.61 Å². The predicted octanol–water partition coefficient (Wildman–Crippen LogP) is 2.59. The normalized spacial score (nSPS) is 51.9. The number of carbonyl (C=O) groups is 1. The molecule has 0 aromatic heterocycles. The molecular formula is C16H25NO2. The first kappa shape index (κ1) is 12.2. The van der Waals surface area contributed by atoms with Crippen LogP contribution in [0.25, 0.3) is 0 Å². The van der Waals surface area contributed by atoms with Crippen molar-refractivity contribution in [3.05, 3.63) is 0 Å². The highest BCUT2D eigenvalue weighted by molar-refractivity contribution is 5.88. The smallest absolute Gasteiger partial charge is 0.255 e. The number of carbonyl (C=O) groups excluding carboxylic acids is 1. The highest BCUT2D eigenvalue weighted by Crippen LogP contribution is 2.75. The minimum atomic E-state index is -0.470. The van der Waals surface area contributed by atoms with Crippen molar-refractivity contribution in [2.24, 2.45) is 16.7 Å². The van der Waals surface area contributed by atoms with Gasteiger partial charge in [0.1, 0.15) is 0 Å². The van der Waals surface area contributed by atoms with Crippen molar-refractivity contribution < 1.29 is 9.53 Å². The first-order valence-corrected chi connectivity index (χ1v) is 7.97. The number of nitrogens with zero attached hydrogens (tertiary/aromatic N) is 1. The number of piperidine rings is 1. The van der Waals surface area contributed by atoms with E-state index in [-0.39, 0.29) is 10.8 Å². The summed E-state index contributed by atoms with van der Waals surface area (Å²) in [5.74, 6) is 1.03. The zero-order chi connectivity index (χ0) is 13.3. The minimum absolute atomic E-state index is 0.0825. The summed E-state index contributed by atoms with van der Waals surface area (Å²) in [7, 11) is 0. The lowest BCUT2D eigenvalue weighted by Crippen LogP contribution is -2.57. The lowest BCUT2D eigenvalue weighted by molar-refractivity contribution is -0.168. The van der Waals surface area contributed by atoms with Crippen molar-refractivity contribution >= 4 is 5.91 Å². The van der Waals surface area contributed by atoms with Crippen molar-refractivity contribution in [1.82, 2.24) is 4.90 Å². The van der Waals surface area contributed by atoms with E-state index < -0.39 is 5.60 Å². The molecule has 0 unspecified atom stereocenters. The molecule has 2 aliphatic heterocycles. The van der Waals surface area contributed by atoms with Crippen LogP contribution in [0, 0.1) is 16.7 Å². The number of ether oxygens (including phenoxy) is 1. The molecule has 4 rings (SSSR count). The van der Waals surface area contributed by atoms with Crippen LogP contribution in [0.5, 0.6) is 0 Å². The van der Waals surface area contributed by atoms with E-state index in [1.807, 2.05) is 0 Å². The van der Waals surface area contributed by atoms with Crippen LogP contribution >= 0.6 is 0 Å². The second kappa shape index (κ2) is 3.55. The highest BCUT2D eigenvalue weighted by atomic mass is 16.5.